The molecule has 3 fully saturated rings. The van der Waals surface area contributed by atoms with E-state index in [1.165, 1.54) is 0 Å². The first-order valence-electron chi connectivity index (χ1n) is 14.8. The van der Waals surface area contributed by atoms with Gasteiger partial charge in [0.1, 0.15) is 6.61 Å². The van der Waals surface area contributed by atoms with Gasteiger partial charge in [0.2, 0.25) is 5.91 Å². The van der Waals surface area contributed by atoms with Gasteiger partial charge in [0, 0.05) is 58.3 Å². The third-order valence-electron chi connectivity index (χ3n) is 8.23. The van der Waals surface area contributed by atoms with Crippen LogP contribution in [-0.2, 0) is 38.3 Å². The number of hydroxylamine groups is 2. The lowest BCUT2D eigenvalue weighted by molar-refractivity contribution is -0.199. The Balaban J connectivity index is 1.21. The number of ether oxygens (including phenoxy) is 2. The zero-order chi connectivity index (χ0) is 30.2. The fourth-order valence-corrected chi connectivity index (χ4v) is 5.72. The van der Waals surface area contributed by atoms with E-state index >= 15 is 0 Å². The van der Waals surface area contributed by atoms with Crippen molar-refractivity contribution >= 4 is 35.8 Å². The predicted molar refractivity (Wildman–Crippen MR) is 146 cm³/mol. The maximum absolute atomic E-state index is 12.9. The number of carbonyl (C=O) groups is 6. The molecular weight excluding hydrogens is 548 g/mol. The molecule has 13 heteroatoms. The number of amides is 4. The van der Waals surface area contributed by atoms with E-state index in [2.05, 4.69) is 17.2 Å². The maximum atomic E-state index is 12.9. The van der Waals surface area contributed by atoms with Gasteiger partial charge >= 0.3 is 18.0 Å². The van der Waals surface area contributed by atoms with Gasteiger partial charge in [-0.3, -0.25) is 24.1 Å². The topological polar surface area (TPSA) is 152 Å². The van der Waals surface area contributed by atoms with Crippen LogP contribution in [0.5, 0.6) is 0 Å². The second kappa shape index (κ2) is 14.5. The number of carbonyl (C=O) groups excluding carboxylic acids is 6. The average molecular weight is 589 g/mol. The summed E-state index contributed by atoms with van der Waals surface area (Å²) in [6, 6.07) is -0.512. The lowest BCUT2D eigenvalue weighted by Crippen LogP contribution is -2.58. The van der Waals surface area contributed by atoms with Gasteiger partial charge in [-0.15, -0.1) is 16.9 Å². The summed E-state index contributed by atoms with van der Waals surface area (Å²) < 4.78 is 10.8. The first-order valence-corrected chi connectivity index (χ1v) is 14.8. The monoisotopic (exact) mass is 588 g/mol. The summed E-state index contributed by atoms with van der Waals surface area (Å²) in [6.45, 7) is 4.31. The minimum atomic E-state index is -0.800. The first-order chi connectivity index (χ1) is 20.1. The van der Waals surface area contributed by atoms with Crippen molar-refractivity contribution in [2.24, 2.45) is 23.7 Å². The molecule has 13 nitrogen and oxygen atoms in total. The van der Waals surface area contributed by atoms with E-state index < -0.39 is 35.9 Å². The van der Waals surface area contributed by atoms with Gasteiger partial charge in [0.25, 0.3) is 11.8 Å². The lowest BCUT2D eigenvalue weighted by Gasteiger charge is -2.40. The molecule has 2 saturated heterocycles. The van der Waals surface area contributed by atoms with Crippen LogP contribution in [-0.4, -0.2) is 103 Å². The number of esters is 1. The molecule has 1 unspecified atom stereocenters. The van der Waals surface area contributed by atoms with E-state index in [9.17, 15) is 28.8 Å². The highest BCUT2D eigenvalue weighted by atomic mass is 16.7. The van der Waals surface area contributed by atoms with Crippen molar-refractivity contribution < 1.29 is 43.1 Å². The number of alkyl carbamates (subject to hydrolysis) is 1. The molecule has 2 aliphatic heterocycles. The maximum Gasteiger partial charge on any atom is 0.407 e. The highest BCUT2D eigenvalue weighted by Gasteiger charge is 2.49. The molecule has 2 heterocycles. The van der Waals surface area contributed by atoms with Crippen LogP contribution in [0.4, 0.5) is 4.79 Å². The number of hydrogen-bond acceptors (Lipinski definition) is 10. The number of fused-ring (bicyclic) bond motifs is 1. The Bertz CT molecular complexity index is 1100. The smallest absolute Gasteiger partial charge is 0.407 e. The van der Waals surface area contributed by atoms with Crippen LogP contribution in [0.1, 0.15) is 58.8 Å². The van der Waals surface area contributed by atoms with Crippen LogP contribution >= 0.6 is 0 Å². The van der Waals surface area contributed by atoms with E-state index in [4.69, 9.17) is 14.3 Å². The Kier molecular flexibility index (Phi) is 10.8. The van der Waals surface area contributed by atoms with E-state index in [0.717, 1.165) is 25.7 Å². The van der Waals surface area contributed by atoms with Crippen LogP contribution in [0.3, 0.4) is 0 Å². The minimum Gasteiger partial charge on any atom is -0.464 e. The highest BCUT2D eigenvalue weighted by molar-refractivity contribution is 6.01. The van der Waals surface area contributed by atoms with Crippen molar-refractivity contribution in [3.63, 3.8) is 0 Å². The van der Waals surface area contributed by atoms with Crippen molar-refractivity contribution in [1.29, 1.82) is 0 Å². The number of imide groups is 1. The Hall–Kier alpha value is -3.66. The Morgan fingerprint density at radius 1 is 0.952 bits per heavy atom. The number of nitrogens with one attached hydrogen (secondary N) is 1. The summed E-state index contributed by atoms with van der Waals surface area (Å²) in [5, 5.41) is 3.14. The van der Waals surface area contributed by atoms with Crippen LogP contribution in [0.15, 0.2) is 0 Å². The van der Waals surface area contributed by atoms with Crippen LogP contribution < -0.4 is 5.32 Å². The zero-order valence-electron chi connectivity index (χ0n) is 24.3. The Morgan fingerprint density at radius 3 is 2.26 bits per heavy atom. The second-order valence-corrected chi connectivity index (χ2v) is 11.5. The summed E-state index contributed by atoms with van der Waals surface area (Å²) in [5.41, 5.74) is 0. The number of rotatable bonds is 11. The fourth-order valence-electron chi connectivity index (χ4n) is 5.72. The van der Waals surface area contributed by atoms with Gasteiger partial charge in [0.05, 0.1) is 25.1 Å². The third kappa shape index (κ3) is 8.44. The summed E-state index contributed by atoms with van der Waals surface area (Å²) in [5.74, 6) is 4.95. The number of piperazine rings is 1. The van der Waals surface area contributed by atoms with Crippen molar-refractivity contribution in [3.05, 3.63) is 0 Å². The molecule has 2 aliphatic carbocycles. The summed E-state index contributed by atoms with van der Waals surface area (Å²) >= 11 is 0. The van der Waals surface area contributed by atoms with Crippen molar-refractivity contribution in [2.45, 2.75) is 64.8 Å². The first kappa shape index (κ1) is 31.3. The van der Waals surface area contributed by atoms with Crippen LogP contribution in [0.2, 0.25) is 0 Å². The molecule has 4 aliphatic rings. The summed E-state index contributed by atoms with van der Waals surface area (Å²) in [4.78, 5) is 81.6. The Labute approximate surface area is 245 Å². The molecule has 0 aromatic heterocycles. The standard InChI is InChI=1S/C29H40N4O9/c1-19(2)28(38)40-17-20-15-32(14-13-31(20)16-27(37)42-33-25(35)9-10-26(33)36)24(34)11-12-30-29(39)41-18-23-21-7-5-3-4-6-8-22(21)23/h19-23H,5-18H2,1-2H3,(H,30,39)/t20?,21-,22+,23-. The predicted octanol–water partition coefficient (Wildman–Crippen LogP) is 0.862. The lowest BCUT2D eigenvalue weighted by atomic mass is 10.1. The molecule has 1 N–H and O–H groups in total. The molecule has 4 atom stereocenters. The second-order valence-electron chi connectivity index (χ2n) is 11.5. The van der Waals surface area contributed by atoms with Crippen molar-refractivity contribution in [2.75, 3.05) is 45.9 Å². The van der Waals surface area contributed by atoms with Crippen LogP contribution in [0.25, 0.3) is 0 Å². The summed E-state index contributed by atoms with van der Waals surface area (Å²) in [6.07, 6.45) is 3.38. The molecule has 4 amide bonds. The zero-order valence-corrected chi connectivity index (χ0v) is 24.3. The molecule has 0 aromatic carbocycles. The van der Waals surface area contributed by atoms with Gasteiger partial charge in [-0.1, -0.05) is 13.8 Å². The van der Waals surface area contributed by atoms with Crippen LogP contribution in [0, 0.1) is 35.5 Å². The molecule has 230 valence electrons. The van der Waals surface area contributed by atoms with E-state index in [1.54, 1.807) is 23.6 Å². The van der Waals surface area contributed by atoms with E-state index in [-0.39, 0.29) is 63.9 Å². The molecular formula is C29H40N4O9. The molecule has 0 radical (unpaired) electrons. The van der Waals surface area contributed by atoms with Crippen molar-refractivity contribution in [3.8, 4) is 11.8 Å². The van der Waals surface area contributed by atoms with Gasteiger partial charge in [-0.25, -0.2) is 9.59 Å². The Morgan fingerprint density at radius 2 is 1.62 bits per heavy atom. The molecule has 1 saturated carbocycles. The SMILES string of the molecule is CC(C)C(=O)OCC1CN(C(=O)CCNC(=O)OC[C@@H]2[C@@H]3CCC#CCC[C@@H]32)CCN1CC(=O)ON1C(=O)CCC1=O. The summed E-state index contributed by atoms with van der Waals surface area (Å²) in [7, 11) is 0. The molecule has 0 bridgehead atoms. The molecule has 0 spiro atoms. The van der Waals surface area contributed by atoms with E-state index in [0.29, 0.717) is 36.0 Å². The molecule has 42 heavy (non-hydrogen) atoms. The number of hydrogen-bond donors (Lipinski definition) is 1. The van der Waals surface area contributed by atoms with Gasteiger partial charge in [0.15, 0.2) is 0 Å². The fraction of sp³-hybridized carbons (Fsp3) is 0.724. The molecule has 4 rings (SSSR count). The van der Waals surface area contributed by atoms with E-state index in [1.807, 2.05) is 0 Å². The minimum absolute atomic E-state index is 0.00938. The van der Waals surface area contributed by atoms with Gasteiger partial charge < -0.3 is 24.5 Å². The highest BCUT2D eigenvalue weighted by Crippen LogP contribution is 2.52. The largest absolute Gasteiger partial charge is 0.464 e. The number of nitrogens with zero attached hydrogens (tertiary/aromatic N) is 3. The quantitative estimate of drug-likeness (QED) is 0.209. The average Bonchev–Trinajstić information content (AvgIpc) is 3.49. The van der Waals surface area contributed by atoms with Gasteiger partial charge in [-0.2, -0.15) is 0 Å². The normalized spacial score (nSPS) is 25.5. The van der Waals surface area contributed by atoms with Gasteiger partial charge in [-0.05, 0) is 30.6 Å². The van der Waals surface area contributed by atoms with Crippen molar-refractivity contribution in [1.82, 2.24) is 20.2 Å². The molecule has 0 aromatic rings. The third-order valence-corrected chi connectivity index (χ3v) is 8.23.